The van der Waals surface area contributed by atoms with E-state index in [0.29, 0.717) is 6.61 Å². The minimum absolute atomic E-state index is 0.196. The predicted octanol–water partition coefficient (Wildman–Crippen LogP) is 5.54. The van der Waals surface area contributed by atoms with Crippen LogP contribution >= 0.6 is 23.2 Å². The van der Waals surface area contributed by atoms with Crippen LogP contribution < -0.4 is 0 Å². The van der Waals surface area contributed by atoms with Crippen molar-refractivity contribution in [3.8, 4) is 0 Å². The maximum atomic E-state index is 6.09. The Morgan fingerprint density at radius 1 is 1.00 bits per heavy atom. The Bertz CT molecular complexity index is 160. The third-order valence-corrected chi connectivity index (χ3v) is 3.86. The predicted molar refractivity (Wildman–Crippen MR) is 73.2 cm³/mol. The summed E-state index contributed by atoms with van der Waals surface area (Å²) in [4.78, 5) is 0. The van der Waals surface area contributed by atoms with Crippen LogP contribution in [-0.4, -0.2) is 11.1 Å². The van der Waals surface area contributed by atoms with Gasteiger partial charge in [-0.2, -0.15) is 0 Å². The molecule has 0 saturated carbocycles. The van der Waals surface area contributed by atoms with Crippen molar-refractivity contribution in [1.29, 1.82) is 0 Å². The summed E-state index contributed by atoms with van der Waals surface area (Å²) in [6, 6.07) is 0. The Morgan fingerprint density at radius 2 is 1.56 bits per heavy atom. The lowest BCUT2D eigenvalue weighted by Crippen LogP contribution is -2.27. The van der Waals surface area contributed by atoms with Crippen molar-refractivity contribution in [2.75, 3.05) is 6.61 Å². The number of halogens is 2. The molecular weight excluding hydrogens is 243 g/mol. The fourth-order valence-corrected chi connectivity index (χ4v) is 2.17. The molecule has 0 aliphatic carbocycles. The smallest absolute Gasteiger partial charge is 0.219 e. The molecule has 0 aromatic rings. The van der Waals surface area contributed by atoms with Gasteiger partial charge in [-0.25, -0.2) is 0 Å². The molecule has 16 heavy (non-hydrogen) atoms. The lowest BCUT2D eigenvalue weighted by atomic mass is 10.0. The summed E-state index contributed by atoms with van der Waals surface area (Å²) in [5.74, 6) is 0.196. The molecular formula is C13H26Cl2O. The molecule has 3 heteroatoms. The Kier molecular flexibility index (Phi) is 9.88. The van der Waals surface area contributed by atoms with Gasteiger partial charge in [0.2, 0.25) is 4.52 Å². The summed E-state index contributed by atoms with van der Waals surface area (Å²) in [7, 11) is 0. The van der Waals surface area contributed by atoms with E-state index in [2.05, 4.69) is 13.8 Å². The molecule has 0 N–H and O–H groups in total. The molecule has 0 rings (SSSR count). The minimum Gasteiger partial charge on any atom is -0.347 e. The normalized spacial score (nSPS) is 14.1. The zero-order valence-electron chi connectivity index (χ0n) is 10.9. The summed E-state index contributed by atoms with van der Waals surface area (Å²) in [6.07, 6.45) is 8.84. The van der Waals surface area contributed by atoms with Crippen LogP contribution in [0.5, 0.6) is 0 Å². The van der Waals surface area contributed by atoms with E-state index in [-0.39, 0.29) is 5.92 Å². The first-order valence-corrected chi connectivity index (χ1v) is 7.32. The average molecular weight is 269 g/mol. The maximum Gasteiger partial charge on any atom is 0.219 e. The lowest BCUT2D eigenvalue weighted by molar-refractivity contribution is 0.0475. The number of hydrogen-bond acceptors (Lipinski definition) is 1. The van der Waals surface area contributed by atoms with E-state index < -0.39 is 4.52 Å². The van der Waals surface area contributed by atoms with Crippen LogP contribution in [-0.2, 0) is 4.74 Å². The van der Waals surface area contributed by atoms with E-state index in [1.165, 1.54) is 38.5 Å². The molecule has 0 fully saturated rings. The standard InChI is InChI=1S/C13H26Cl2O/c1-4-6-7-8-9-10-11-12(3)13(14,15)16-5-2/h12H,4-11H2,1-3H3. The number of rotatable bonds is 10. The second-order valence-corrected chi connectivity index (χ2v) is 5.77. The van der Waals surface area contributed by atoms with Gasteiger partial charge in [-0.1, -0.05) is 75.6 Å². The van der Waals surface area contributed by atoms with Crippen LogP contribution in [0.25, 0.3) is 0 Å². The van der Waals surface area contributed by atoms with Crippen LogP contribution in [0.4, 0.5) is 0 Å². The summed E-state index contributed by atoms with van der Waals surface area (Å²) in [5, 5.41) is 0. The van der Waals surface area contributed by atoms with Gasteiger partial charge < -0.3 is 4.74 Å². The molecule has 0 heterocycles. The second-order valence-electron chi connectivity index (χ2n) is 4.45. The molecule has 0 aliphatic rings. The van der Waals surface area contributed by atoms with E-state index in [1.54, 1.807) is 0 Å². The average Bonchev–Trinajstić information content (AvgIpc) is 2.22. The van der Waals surface area contributed by atoms with E-state index in [4.69, 9.17) is 27.9 Å². The highest BCUT2D eigenvalue weighted by Crippen LogP contribution is 2.34. The van der Waals surface area contributed by atoms with Crippen LogP contribution in [0.2, 0.25) is 0 Å². The molecule has 98 valence electrons. The summed E-state index contributed by atoms with van der Waals surface area (Å²) < 4.78 is 4.32. The second kappa shape index (κ2) is 9.56. The molecule has 0 amide bonds. The van der Waals surface area contributed by atoms with Gasteiger partial charge in [-0.3, -0.25) is 0 Å². The highest BCUT2D eigenvalue weighted by molar-refractivity contribution is 6.47. The third kappa shape index (κ3) is 7.76. The topological polar surface area (TPSA) is 9.23 Å². The highest BCUT2D eigenvalue weighted by atomic mass is 35.5. The molecule has 0 aromatic heterocycles. The molecule has 1 nitrogen and oxygen atoms in total. The van der Waals surface area contributed by atoms with E-state index in [9.17, 15) is 0 Å². The molecule has 0 aliphatic heterocycles. The van der Waals surface area contributed by atoms with Crippen molar-refractivity contribution >= 4 is 23.2 Å². The van der Waals surface area contributed by atoms with Gasteiger partial charge in [-0.15, -0.1) is 0 Å². The SMILES string of the molecule is CCCCCCCCC(C)C(Cl)(Cl)OCC. The van der Waals surface area contributed by atoms with Crippen LogP contribution in [0.15, 0.2) is 0 Å². The van der Waals surface area contributed by atoms with Gasteiger partial charge in [0.1, 0.15) is 0 Å². The monoisotopic (exact) mass is 268 g/mol. The summed E-state index contributed by atoms with van der Waals surface area (Å²) >= 11 is 12.2. The largest absolute Gasteiger partial charge is 0.347 e. The van der Waals surface area contributed by atoms with Crippen molar-refractivity contribution in [1.82, 2.24) is 0 Å². The van der Waals surface area contributed by atoms with Gasteiger partial charge in [0, 0.05) is 12.5 Å². The lowest BCUT2D eigenvalue weighted by Gasteiger charge is -2.26. The number of alkyl halides is 2. The molecule has 1 atom stereocenters. The van der Waals surface area contributed by atoms with Crippen molar-refractivity contribution in [2.24, 2.45) is 5.92 Å². The number of hydrogen-bond donors (Lipinski definition) is 0. The zero-order chi connectivity index (χ0) is 12.4. The van der Waals surface area contributed by atoms with Gasteiger partial charge in [0.15, 0.2) is 0 Å². The van der Waals surface area contributed by atoms with Crippen molar-refractivity contribution < 1.29 is 4.74 Å². The van der Waals surface area contributed by atoms with E-state index in [1.807, 2.05) is 6.92 Å². The molecule has 0 bridgehead atoms. The van der Waals surface area contributed by atoms with Gasteiger partial charge in [0.25, 0.3) is 0 Å². The molecule has 0 saturated heterocycles. The molecule has 0 radical (unpaired) electrons. The zero-order valence-corrected chi connectivity index (χ0v) is 12.4. The Balaban J connectivity index is 3.52. The van der Waals surface area contributed by atoms with Crippen molar-refractivity contribution in [3.05, 3.63) is 0 Å². The first kappa shape index (κ1) is 16.5. The summed E-state index contributed by atoms with van der Waals surface area (Å²) in [6.45, 7) is 6.77. The quantitative estimate of drug-likeness (QED) is 0.373. The molecule has 1 unspecified atom stereocenters. The molecule has 0 aromatic carbocycles. The molecule has 0 spiro atoms. The van der Waals surface area contributed by atoms with Crippen molar-refractivity contribution in [2.45, 2.75) is 70.2 Å². The fourth-order valence-electron chi connectivity index (χ4n) is 1.73. The number of ether oxygens (including phenoxy) is 1. The number of unbranched alkanes of at least 4 members (excludes halogenated alkanes) is 5. The van der Waals surface area contributed by atoms with Crippen molar-refractivity contribution in [3.63, 3.8) is 0 Å². The van der Waals surface area contributed by atoms with Gasteiger partial charge in [0.05, 0.1) is 0 Å². The van der Waals surface area contributed by atoms with Gasteiger partial charge >= 0.3 is 0 Å². The highest BCUT2D eigenvalue weighted by Gasteiger charge is 2.31. The van der Waals surface area contributed by atoms with Crippen LogP contribution in [0.3, 0.4) is 0 Å². The third-order valence-electron chi connectivity index (χ3n) is 2.90. The van der Waals surface area contributed by atoms with Crippen LogP contribution in [0, 0.1) is 5.92 Å². The van der Waals surface area contributed by atoms with Crippen LogP contribution in [0.1, 0.15) is 65.7 Å². The Labute approximate surface area is 111 Å². The first-order chi connectivity index (χ1) is 7.54. The fraction of sp³-hybridized carbons (Fsp3) is 1.00. The maximum absolute atomic E-state index is 6.09. The Hall–Kier alpha value is 0.540. The first-order valence-electron chi connectivity index (χ1n) is 6.56. The minimum atomic E-state index is -1.00. The van der Waals surface area contributed by atoms with E-state index in [0.717, 1.165) is 6.42 Å². The van der Waals surface area contributed by atoms with Gasteiger partial charge in [-0.05, 0) is 13.3 Å². The van der Waals surface area contributed by atoms with E-state index >= 15 is 0 Å². The summed E-state index contributed by atoms with van der Waals surface area (Å²) in [5.41, 5.74) is 0. The Morgan fingerprint density at radius 3 is 2.12 bits per heavy atom.